The summed E-state index contributed by atoms with van der Waals surface area (Å²) >= 11 is 0. The molecule has 1 saturated heterocycles. The number of benzene rings is 1. The maximum absolute atomic E-state index is 12.5. The number of likely N-dealkylation sites (tertiary alicyclic amines) is 1. The van der Waals surface area contributed by atoms with Crippen molar-refractivity contribution in [1.82, 2.24) is 9.88 Å². The number of nitrogens with one attached hydrogen (secondary N) is 1. The van der Waals surface area contributed by atoms with Gasteiger partial charge in [-0.2, -0.15) is 0 Å². The molecule has 0 aliphatic carbocycles. The number of ether oxygens (including phenoxy) is 1. The van der Waals surface area contributed by atoms with Gasteiger partial charge in [0.25, 0.3) is 0 Å². The number of anilines is 1. The highest BCUT2D eigenvalue weighted by atomic mass is 16.5. The van der Waals surface area contributed by atoms with Gasteiger partial charge in [0.05, 0.1) is 18.9 Å². The molecule has 1 aromatic heterocycles. The molecule has 142 valence electrons. The van der Waals surface area contributed by atoms with Gasteiger partial charge in [-0.15, -0.1) is 0 Å². The van der Waals surface area contributed by atoms with E-state index in [0.717, 1.165) is 24.2 Å². The number of hydrogen-bond donors (Lipinski definition) is 1. The van der Waals surface area contributed by atoms with E-state index in [2.05, 4.69) is 10.3 Å². The first-order chi connectivity index (χ1) is 13.1. The topological polar surface area (TPSA) is 71.5 Å². The van der Waals surface area contributed by atoms with Crippen LogP contribution in [0, 0.1) is 12.8 Å². The molecule has 0 spiro atoms. The molecule has 0 saturated carbocycles. The second-order valence-electron chi connectivity index (χ2n) is 6.80. The third kappa shape index (κ3) is 5.54. The zero-order valence-corrected chi connectivity index (χ0v) is 15.6. The van der Waals surface area contributed by atoms with Crippen molar-refractivity contribution in [2.45, 2.75) is 26.2 Å². The van der Waals surface area contributed by atoms with E-state index in [1.165, 1.54) is 0 Å². The van der Waals surface area contributed by atoms with Crippen molar-refractivity contribution in [3.05, 3.63) is 54.2 Å². The fourth-order valence-electron chi connectivity index (χ4n) is 3.18. The summed E-state index contributed by atoms with van der Waals surface area (Å²) in [6, 6.07) is 13.2. The SMILES string of the molecule is Cc1ccnc(NC(=O)C2CCCN(C(=O)CCOc3ccccc3)C2)c1. The molecule has 6 heteroatoms. The minimum atomic E-state index is -0.208. The zero-order valence-electron chi connectivity index (χ0n) is 15.6. The van der Waals surface area contributed by atoms with E-state index < -0.39 is 0 Å². The molecule has 2 aromatic rings. The van der Waals surface area contributed by atoms with Crippen molar-refractivity contribution in [2.24, 2.45) is 5.92 Å². The molecular formula is C21H25N3O3. The average molecular weight is 367 g/mol. The van der Waals surface area contributed by atoms with Crippen LogP contribution in [0.2, 0.25) is 0 Å². The van der Waals surface area contributed by atoms with Crippen molar-refractivity contribution in [3.8, 4) is 5.75 Å². The number of pyridine rings is 1. The Morgan fingerprint density at radius 2 is 2.07 bits per heavy atom. The van der Waals surface area contributed by atoms with Gasteiger partial charge in [-0.25, -0.2) is 4.98 Å². The number of para-hydroxylation sites is 1. The standard InChI is InChI=1S/C21H25N3O3/c1-16-9-11-22-19(14-16)23-21(26)17-6-5-12-24(15-17)20(25)10-13-27-18-7-3-2-4-8-18/h2-4,7-9,11,14,17H,5-6,10,12-13,15H2,1H3,(H,22,23,26). The van der Waals surface area contributed by atoms with Crippen LogP contribution in [0.15, 0.2) is 48.7 Å². The highest BCUT2D eigenvalue weighted by molar-refractivity contribution is 5.92. The fraction of sp³-hybridized carbons (Fsp3) is 0.381. The molecule has 1 atom stereocenters. The first-order valence-electron chi connectivity index (χ1n) is 9.31. The van der Waals surface area contributed by atoms with Crippen molar-refractivity contribution >= 4 is 17.6 Å². The number of carbonyl (C=O) groups is 2. The first-order valence-corrected chi connectivity index (χ1v) is 9.31. The highest BCUT2D eigenvalue weighted by Crippen LogP contribution is 2.19. The summed E-state index contributed by atoms with van der Waals surface area (Å²) in [6.45, 7) is 3.43. The number of hydrogen-bond acceptors (Lipinski definition) is 4. The lowest BCUT2D eigenvalue weighted by molar-refractivity contribution is -0.135. The van der Waals surface area contributed by atoms with Gasteiger partial charge in [-0.1, -0.05) is 18.2 Å². The maximum atomic E-state index is 12.5. The van der Waals surface area contributed by atoms with E-state index in [1.807, 2.05) is 49.4 Å². The Balaban J connectivity index is 1.47. The molecule has 2 heterocycles. The molecule has 1 aliphatic rings. The second kappa shape index (κ2) is 9.16. The Labute approximate surface area is 159 Å². The summed E-state index contributed by atoms with van der Waals surface area (Å²) in [7, 11) is 0. The summed E-state index contributed by atoms with van der Waals surface area (Å²) < 4.78 is 5.60. The number of carbonyl (C=O) groups excluding carboxylic acids is 2. The molecular weight excluding hydrogens is 342 g/mol. The smallest absolute Gasteiger partial charge is 0.230 e. The van der Waals surface area contributed by atoms with E-state index in [4.69, 9.17) is 4.74 Å². The predicted octanol–water partition coefficient (Wildman–Crippen LogP) is 3.04. The van der Waals surface area contributed by atoms with Crippen molar-refractivity contribution in [1.29, 1.82) is 0 Å². The van der Waals surface area contributed by atoms with Gasteiger partial charge in [0, 0.05) is 19.3 Å². The van der Waals surface area contributed by atoms with Crippen LogP contribution in [-0.4, -0.2) is 41.4 Å². The minimum Gasteiger partial charge on any atom is -0.493 e. The molecule has 27 heavy (non-hydrogen) atoms. The van der Waals surface area contributed by atoms with Crippen LogP contribution in [0.3, 0.4) is 0 Å². The largest absolute Gasteiger partial charge is 0.493 e. The zero-order chi connectivity index (χ0) is 19.1. The molecule has 0 bridgehead atoms. The quantitative estimate of drug-likeness (QED) is 0.852. The van der Waals surface area contributed by atoms with Crippen molar-refractivity contribution in [3.63, 3.8) is 0 Å². The third-order valence-corrected chi connectivity index (χ3v) is 4.64. The minimum absolute atomic E-state index is 0.0251. The van der Waals surface area contributed by atoms with E-state index in [9.17, 15) is 9.59 Å². The molecule has 1 N–H and O–H groups in total. The van der Waals surface area contributed by atoms with Gasteiger partial charge in [-0.05, 0) is 49.6 Å². The van der Waals surface area contributed by atoms with Crippen LogP contribution in [0.1, 0.15) is 24.8 Å². The van der Waals surface area contributed by atoms with Crippen molar-refractivity contribution < 1.29 is 14.3 Å². The summed E-state index contributed by atoms with van der Waals surface area (Å²) in [5.74, 6) is 1.05. The number of amides is 2. The number of aromatic nitrogens is 1. The summed E-state index contributed by atoms with van der Waals surface area (Å²) in [5, 5.41) is 2.86. The Kier molecular flexibility index (Phi) is 6.41. The number of rotatable bonds is 6. The van der Waals surface area contributed by atoms with Crippen LogP contribution in [0.25, 0.3) is 0 Å². The van der Waals surface area contributed by atoms with Gasteiger partial charge in [0.1, 0.15) is 11.6 Å². The molecule has 1 aliphatic heterocycles. The number of nitrogens with zero attached hydrogens (tertiary/aromatic N) is 2. The Morgan fingerprint density at radius 3 is 2.85 bits per heavy atom. The van der Waals surface area contributed by atoms with E-state index in [-0.39, 0.29) is 17.7 Å². The number of aryl methyl sites for hydroxylation is 1. The lowest BCUT2D eigenvalue weighted by atomic mass is 9.97. The van der Waals surface area contributed by atoms with Crippen LogP contribution < -0.4 is 10.1 Å². The molecule has 1 aromatic carbocycles. The second-order valence-corrected chi connectivity index (χ2v) is 6.80. The van der Waals surface area contributed by atoms with E-state index >= 15 is 0 Å². The highest BCUT2D eigenvalue weighted by Gasteiger charge is 2.28. The van der Waals surface area contributed by atoms with Crippen LogP contribution in [0.5, 0.6) is 5.75 Å². The predicted molar refractivity (Wildman–Crippen MR) is 103 cm³/mol. The number of piperidine rings is 1. The average Bonchev–Trinajstić information content (AvgIpc) is 2.69. The van der Waals surface area contributed by atoms with Gasteiger partial charge >= 0.3 is 0 Å². The summed E-state index contributed by atoms with van der Waals surface area (Å²) in [6.07, 6.45) is 3.59. The molecule has 1 fully saturated rings. The van der Waals surface area contributed by atoms with Gasteiger partial charge in [0.15, 0.2) is 0 Å². The Hall–Kier alpha value is -2.89. The summed E-state index contributed by atoms with van der Waals surface area (Å²) in [4.78, 5) is 30.9. The van der Waals surface area contributed by atoms with Gasteiger partial charge in [0.2, 0.25) is 11.8 Å². The lowest BCUT2D eigenvalue weighted by Crippen LogP contribution is -2.44. The third-order valence-electron chi connectivity index (χ3n) is 4.64. The summed E-state index contributed by atoms with van der Waals surface area (Å²) in [5.41, 5.74) is 1.04. The normalized spacial score (nSPS) is 16.6. The molecule has 3 rings (SSSR count). The van der Waals surface area contributed by atoms with Gasteiger partial charge in [-0.3, -0.25) is 9.59 Å². The lowest BCUT2D eigenvalue weighted by Gasteiger charge is -2.32. The fourth-order valence-corrected chi connectivity index (χ4v) is 3.18. The Bertz CT molecular complexity index is 779. The molecule has 0 radical (unpaired) electrons. The molecule has 6 nitrogen and oxygen atoms in total. The maximum Gasteiger partial charge on any atom is 0.230 e. The van der Waals surface area contributed by atoms with E-state index in [0.29, 0.717) is 31.9 Å². The van der Waals surface area contributed by atoms with Crippen LogP contribution >= 0.6 is 0 Å². The van der Waals surface area contributed by atoms with Gasteiger partial charge < -0.3 is 15.0 Å². The molecule has 1 unspecified atom stereocenters. The van der Waals surface area contributed by atoms with E-state index in [1.54, 1.807) is 11.1 Å². The molecule has 2 amide bonds. The first kappa shape index (κ1) is 18.9. The monoisotopic (exact) mass is 367 g/mol. The van der Waals surface area contributed by atoms with Crippen LogP contribution in [0.4, 0.5) is 5.82 Å². The van der Waals surface area contributed by atoms with Crippen LogP contribution in [-0.2, 0) is 9.59 Å². The van der Waals surface area contributed by atoms with Crippen molar-refractivity contribution in [2.75, 3.05) is 25.0 Å². The Morgan fingerprint density at radius 1 is 1.26 bits per heavy atom.